The van der Waals surface area contributed by atoms with Gasteiger partial charge in [0.05, 0.1) is 34.3 Å². The van der Waals surface area contributed by atoms with E-state index in [1.165, 1.54) is 11.3 Å². The summed E-state index contributed by atoms with van der Waals surface area (Å²) in [4.78, 5) is 29.5. The average Bonchev–Trinajstić information content (AvgIpc) is 3.23. The van der Waals surface area contributed by atoms with Crippen LogP contribution in [0, 0.1) is 6.92 Å². The topological polar surface area (TPSA) is 61.9 Å². The van der Waals surface area contributed by atoms with E-state index in [9.17, 15) is 9.59 Å². The molecule has 1 N–H and O–H groups in total. The van der Waals surface area contributed by atoms with Gasteiger partial charge in [-0.3, -0.25) is 9.59 Å². The van der Waals surface area contributed by atoms with Crippen LogP contribution in [0.25, 0.3) is 0 Å². The summed E-state index contributed by atoms with van der Waals surface area (Å²) in [6.45, 7) is 8.50. The van der Waals surface area contributed by atoms with Crippen molar-refractivity contribution in [1.29, 1.82) is 0 Å². The van der Waals surface area contributed by atoms with Gasteiger partial charge in [-0.15, -0.1) is 11.3 Å². The number of nitrogens with one attached hydrogen (secondary N) is 1. The predicted molar refractivity (Wildman–Crippen MR) is 123 cm³/mol. The lowest BCUT2D eigenvalue weighted by molar-refractivity contribution is -0.118. The van der Waals surface area contributed by atoms with E-state index in [1.807, 2.05) is 36.1 Å². The summed E-state index contributed by atoms with van der Waals surface area (Å²) < 4.78 is 6.37. The number of ether oxygens (including phenoxy) is 1. The fourth-order valence-electron chi connectivity index (χ4n) is 3.93. The second-order valence-corrected chi connectivity index (χ2v) is 10.00. The maximum atomic E-state index is 12.5. The van der Waals surface area contributed by atoms with Crippen LogP contribution in [0.1, 0.15) is 28.1 Å². The maximum absolute atomic E-state index is 12.5. The lowest BCUT2D eigenvalue weighted by atomic mass is 10.1. The van der Waals surface area contributed by atoms with Crippen molar-refractivity contribution in [2.24, 2.45) is 0 Å². The molecule has 2 amide bonds. The van der Waals surface area contributed by atoms with E-state index in [0.717, 1.165) is 26.4 Å². The highest BCUT2D eigenvalue weighted by Crippen LogP contribution is 2.32. The molecule has 2 fully saturated rings. The third-order valence-electron chi connectivity index (χ3n) is 5.40. The summed E-state index contributed by atoms with van der Waals surface area (Å²) >= 11 is 4.82. The van der Waals surface area contributed by atoms with Gasteiger partial charge >= 0.3 is 0 Å². The molecule has 0 bridgehead atoms. The highest BCUT2D eigenvalue weighted by Gasteiger charge is 2.29. The van der Waals surface area contributed by atoms with Crippen molar-refractivity contribution < 1.29 is 14.3 Å². The van der Waals surface area contributed by atoms with E-state index >= 15 is 0 Å². The molecule has 4 rings (SSSR count). The highest BCUT2D eigenvalue weighted by atomic mass is 79.9. The van der Waals surface area contributed by atoms with Crippen LogP contribution in [-0.4, -0.2) is 44.2 Å². The van der Waals surface area contributed by atoms with Gasteiger partial charge in [-0.25, -0.2) is 0 Å². The number of aryl methyl sites for hydroxylation is 1. The molecule has 0 radical (unpaired) electrons. The average molecular weight is 490 g/mol. The van der Waals surface area contributed by atoms with E-state index in [0.29, 0.717) is 44.0 Å². The third kappa shape index (κ3) is 4.45. The number of hydrogen-bond donors (Lipinski definition) is 1. The highest BCUT2D eigenvalue weighted by molar-refractivity contribution is 9.11. The Hall–Kier alpha value is -2.16. The largest absolute Gasteiger partial charge is 0.379 e. The first-order valence-corrected chi connectivity index (χ1v) is 11.5. The monoisotopic (exact) mass is 489 g/mol. The molecule has 8 heteroatoms. The zero-order valence-electron chi connectivity index (χ0n) is 16.8. The van der Waals surface area contributed by atoms with Gasteiger partial charge in [-0.05, 0) is 58.7 Å². The molecule has 2 aromatic rings. The SMILES string of the molecule is C=C1CC(NC(=O)c2ccc(Br)s2)CN1c1ccc(N2CCOCCC2=O)c(C)c1. The quantitative estimate of drug-likeness (QED) is 0.702. The van der Waals surface area contributed by atoms with Gasteiger partial charge in [0.1, 0.15) is 0 Å². The van der Waals surface area contributed by atoms with Crippen molar-refractivity contribution in [3.8, 4) is 0 Å². The van der Waals surface area contributed by atoms with E-state index in [1.54, 1.807) is 0 Å². The molecule has 0 spiro atoms. The summed E-state index contributed by atoms with van der Waals surface area (Å²) in [6, 6.07) is 9.81. The van der Waals surface area contributed by atoms with Crippen molar-refractivity contribution in [2.45, 2.75) is 25.8 Å². The molecule has 0 saturated carbocycles. The van der Waals surface area contributed by atoms with Crippen molar-refractivity contribution in [3.63, 3.8) is 0 Å². The van der Waals surface area contributed by atoms with Gasteiger partial charge in [0.2, 0.25) is 5.91 Å². The van der Waals surface area contributed by atoms with Crippen LogP contribution in [0.15, 0.2) is 46.4 Å². The maximum Gasteiger partial charge on any atom is 0.261 e. The van der Waals surface area contributed by atoms with E-state index in [2.05, 4.69) is 38.8 Å². The number of carbonyl (C=O) groups is 2. The first kappa shape index (κ1) is 21.1. The Kier molecular flexibility index (Phi) is 6.26. The minimum absolute atomic E-state index is 0.00944. The molecule has 2 aliphatic rings. The minimum Gasteiger partial charge on any atom is -0.379 e. The Morgan fingerprint density at radius 2 is 2.10 bits per heavy atom. The third-order valence-corrected chi connectivity index (χ3v) is 7.02. The Balaban J connectivity index is 1.46. The van der Waals surface area contributed by atoms with Gasteiger partial charge in [0, 0.05) is 36.6 Å². The first-order chi connectivity index (χ1) is 14.4. The number of anilines is 2. The molecule has 2 aliphatic heterocycles. The molecule has 158 valence electrons. The fraction of sp³-hybridized carbons (Fsp3) is 0.364. The molecule has 1 atom stereocenters. The Morgan fingerprint density at radius 3 is 2.83 bits per heavy atom. The number of rotatable bonds is 4. The Bertz CT molecular complexity index is 990. The van der Waals surface area contributed by atoms with E-state index in [-0.39, 0.29) is 17.9 Å². The summed E-state index contributed by atoms with van der Waals surface area (Å²) in [5, 5.41) is 3.11. The molecular formula is C22H24BrN3O3S. The van der Waals surface area contributed by atoms with Gasteiger partial charge < -0.3 is 19.9 Å². The zero-order chi connectivity index (χ0) is 21.3. The van der Waals surface area contributed by atoms with E-state index in [4.69, 9.17) is 4.74 Å². The van der Waals surface area contributed by atoms with Crippen molar-refractivity contribution in [1.82, 2.24) is 5.32 Å². The number of halogens is 1. The molecule has 6 nitrogen and oxygen atoms in total. The van der Waals surface area contributed by atoms with Gasteiger partial charge in [0.15, 0.2) is 0 Å². The van der Waals surface area contributed by atoms with Gasteiger partial charge in [0.25, 0.3) is 5.91 Å². The predicted octanol–water partition coefficient (Wildman–Crippen LogP) is 4.09. The lowest BCUT2D eigenvalue weighted by Crippen LogP contribution is -2.36. The van der Waals surface area contributed by atoms with Crippen LogP contribution < -0.4 is 15.1 Å². The number of benzene rings is 1. The summed E-state index contributed by atoms with van der Waals surface area (Å²) in [6.07, 6.45) is 1.12. The van der Waals surface area contributed by atoms with Crippen LogP contribution in [0.2, 0.25) is 0 Å². The summed E-state index contributed by atoms with van der Waals surface area (Å²) in [5.41, 5.74) is 3.95. The fourth-order valence-corrected chi connectivity index (χ4v) is 5.22. The van der Waals surface area contributed by atoms with Crippen molar-refractivity contribution in [2.75, 3.05) is 36.1 Å². The lowest BCUT2D eigenvalue weighted by Gasteiger charge is -2.25. The number of hydrogen-bond acceptors (Lipinski definition) is 5. The number of thiophene rings is 1. The van der Waals surface area contributed by atoms with Crippen LogP contribution in [0.4, 0.5) is 11.4 Å². The van der Waals surface area contributed by atoms with Gasteiger partial charge in [-0.1, -0.05) is 6.58 Å². The van der Waals surface area contributed by atoms with Crippen molar-refractivity contribution >= 4 is 50.5 Å². The van der Waals surface area contributed by atoms with Crippen LogP contribution in [0.3, 0.4) is 0 Å². The standard InChI is InChI=1S/C22H24BrN3O3S/c1-14-11-17(3-4-18(14)25-8-10-29-9-7-21(25)27)26-13-16(12-15(26)2)24-22(28)19-5-6-20(23)30-19/h3-6,11,16H,2,7-10,12-13H2,1H3,(H,24,28). The number of amides is 2. The second-order valence-electron chi connectivity index (χ2n) is 7.53. The normalized spacial score (nSPS) is 19.9. The van der Waals surface area contributed by atoms with Crippen LogP contribution in [-0.2, 0) is 9.53 Å². The Labute approximate surface area is 188 Å². The van der Waals surface area contributed by atoms with Crippen LogP contribution in [0.5, 0.6) is 0 Å². The summed E-state index contributed by atoms with van der Waals surface area (Å²) in [5.74, 6) is 0.0377. The molecular weight excluding hydrogens is 466 g/mol. The molecule has 2 saturated heterocycles. The number of carbonyl (C=O) groups excluding carboxylic acids is 2. The zero-order valence-corrected chi connectivity index (χ0v) is 19.2. The first-order valence-electron chi connectivity index (χ1n) is 9.92. The molecule has 3 heterocycles. The smallest absolute Gasteiger partial charge is 0.261 e. The van der Waals surface area contributed by atoms with Crippen LogP contribution >= 0.6 is 27.3 Å². The van der Waals surface area contributed by atoms with Gasteiger partial charge in [-0.2, -0.15) is 0 Å². The van der Waals surface area contributed by atoms with Crippen molar-refractivity contribution in [3.05, 3.63) is 56.8 Å². The molecule has 1 aromatic heterocycles. The van der Waals surface area contributed by atoms with E-state index < -0.39 is 0 Å². The molecule has 1 unspecified atom stereocenters. The Morgan fingerprint density at radius 1 is 1.27 bits per heavy atom. The molecule has 0 aliphatic carbocycles. The minimum atomic E-state index is -0.0567. The second kappa shape index (κ2) is 8.91. The molecule has 1 aromatic carbocycles. The molecule has 30 heavy (non-hydrogen) atoms. The summed E-state index contributed by atoms with van der Waals surface area (Å²) in [7, 11) is 0. The number of nitrogens with zero attached hydrogens (tertiary/aromatic N) is 2.